The molecule has 1 saturated heterocycles. The van der Waals surface area contributed by atoms with E-state index in [-0.39, 0.29) is 5.43 Å². The topological polar surface area (TPSA) is 36.7 Å². The van der Waals surface area contributed by atoms with Crippen LogP contribution < -0.4 is 5.43 Å². The molecular weight excluding hydrogens is 252 g/mol. The average Bonchev–Trinajstić information content (AvgIpc) is 2.51. The van der Waals surface area contributed by atoms with Gasteiger partial charge in [0.2, 0.25) is 0 Å². The van der Waals surface area contributed by atoms with E-state index in [0.29, 0.717) is 17.5 Å². The van der Waals surface area contributed by atoms with Crippen molar-refractivity contribution in [3.8, 4) is 0 Å². The lowest BCUT2D eigenvalue weighted by molar-refractivity contribution is 0.131. The van der Waals surface area contributed by atoms with Crippen LogP contribution in [0.3, 0.4) is 0 Å². The molecule has 1 aliphatic rings. The van der Waals surface area contributed by atoms with Crippen molar-refractivity contribution < 1.29 is 4.42 Å². The fourth-order valence-corrected chi connectivity index (χ4v) is 2.73. The number of benzene rings is 1. The molecule has 0 atom stereocenters. The summed E-state index contributed by atoms with van der Waals surface area (Å²) in [5.74, 6) is 0. The second kappa shape index (κ2) is 5.77. The molecule has 106 valence electrons. The van der Waals surface area contributed by atoms with Gasteiger partial charge in [-0.3, -0.25) is 9.69 Å². The Balaban J connectivity index is 1.78. The molecule has 0 aliphatic carbocycles. The Morgan fingerprint density at radius 3 is 2.55 bits per heavy atom. The van der Waals surface area contributed by atoms with Gasteiger partial charge in [0.1, 0.15) is 5.58 Å². The zero-order chi connectivity index (χ0) is 13.9. The minimum Gasteiger partial charge on any atom is -0.464 e. The molecular formula is C16H20N2O2. The van der Waals surface area contributed by atoms with Gasteiger partial charge in [-0.05, 0) is 18.7 Å². The molecule has 20 heavy (non-hydrogen) atoms. The molecule has 0 radical (unpaired) electrons. The van der Waals surface area contributed by atoms with Crippen LogP contribution in [0.15, 0.2) is 39.7 Å². The highest BCUT2D eigenvalue weighted by atomic mass is 16.3. The van der Waals surface area contributed by atoms with E-state index in [0.717, 1.165) is 38.3 Å². The maximum atomic E-state index is 12.4. The Hall–Kier alpha value is -1.65. The van der Waals surface area contributed by atoms with E-state index in [1.807, 2.05) is 24.3 Å². The van der Waals surface area contributed by atoms with E-state index in [2.05, 4.69) is 16.7 Å². The van der Waals surface area contributed by atoms with Crippen LogP contribution in [0.25, 0.3) is 11.0 Å². The molecule has 1 aromatic carbocycles. The van der Waals surface area contributed by atoms with Gasteiger partial charge in [-0.25, -0.2) is 0 Å². The van der Waals surface area contributed by atoms with Gasteiger partial charge in [0.25, 0.3) is 0 Å². The van der Waals surface area contributed by atoms with E-state index in [1.165, 1.54) is 0 Å². The summed E-state index contributed by atoms with van der Waals surface area (Å²) in [6, 6.07) is 7.43. The Morgan fingerprint density at radius 1 is 1.10 bits per heavy atom. The first-order valence-corrected chi connectivity index (χ1v) is 7.22. The van der Waals surface area contributed by atoms with Crippen LogP contribution in [0.1, 0.15) is 12.5 Å². The molecule has 3 rings (SSSR count). The van der Waals surface area contributed by atoms with E-state index in [1.54, 1.807) is 6.26 Å². The monoisotopic (exact) mass is 272 g/mol. The molecule has 0 saturated carbocycles. The fraction of sp³-hybridized carbons (Fsp3) is 0.438. The molecule has 0 spiro atoms. The highest BCUT2D eigenvalue weighted by Gasteiger charge is 2.17. The van der Waals surface area contributed by atoms with E-state index >= 15 is 0 Å². The lowest BCUT2D eigenvalue weighted by Gasteiger charge is -2.33. The molecule has 1 fully saturated rings. The van der Waals surface area contributed by atoms with Crippen molar-refractivity contribution in [3.63, 3.8) is 0 Å². The van der Waals surface area contributed by atoms with Crippen LogP contribution in [0.5, 0.6) is 0 Å². The summed E-state index contributed by atoms with van der Waals surface area (Å²) in [5.41, 5.74) is 1.52. The number of rotatable bonds is 3. The normalized spacial score (nSPS) is 17.6. The second-order valence-electron chi connectivity index (χ2n) is 5.30. The standard InChI is InChI=1S/C16H20N2O2/c1-2-17-7-9-18(10-8-17)11-13-12-20-15-6-4-3-5-14(15)16(13)19/h3-6,12H,2,7-11H2,1H3. The zero-order valence-corrected chi connectivity index (χ0v) is 11.8. The van der Waals surface area contributed by atoms with Gasteiger partial charge in [-0.2, -0.15) is 0 Å². The second-order valence-corrected chi connectivity index (χ2v) is 5.30. The minimum atomic E-state index is 0.102. The molecule has 1 aliphatic heterocycles. The van der Waals surface area contributed by atoms with Crippen LogP contribution in [0.2, 0.25) is 0 Å². The summed E-state index contributed by atoms with van der Waals surface area (Å²) in [6.45, 7) is 8.16. The molecule has 1 aromatic heterocycles. The van der Waals surface area contributed by atoms with Gasteiger partial charge in [0, 0.05) is 38.3 Å². The van der Waals surface area contributed by atoms with Gasteiger partial charge in [-0.1, -0.05) is 19.1 Å². The summed E-state index contributed by atoms with van der Waals surface area (Å²) < 4.78 is 5.57. The van der Waals surface area contributed by atoms with Gasteiger partial charge in [0.15, 0.2) is 5.43 Å². The molecule has 0 amide bonds. The van der Waals surface area contributed by atoms with E-state index in [4.69, 9.17) is 4.42 Å². The number of para-hydroxylation sites is 1. The predicted octanol–water partition coefficient (Wildman–Crippen LogP) is 1.93. The summed E-state index contributed by atoms with van der Waals surface area (Å²) in [7, 11) is 0. The molecule has 0 unspecified atom stereocenters. The number of fused-ring (bicyclic) bond motifs is 1. The van der Waals surface area contributed by atoms with Crippen molar-refractivity contribution in [2.75, 3.05) is 32.7 Å². The van der Waals surface area contributed by atoms with Crippen LogP contribution >= 0.6 is 0 Å². The van der Waals surface area contributed by atoms with Crippen molar-refractivity contribution in [3.05, 3.63) is 46.3 Å². The maximum absolute atomic E-state index is 12.4. The number of piperazine rings is 1. The van der Waals surface area contributed by atoms with Crippen molar-refractivity contribution in [2.24, 2.45) is 0 Å². The van der Waals surface area contributed by atoms with Gasteiger partial charge >= 0.3 is 0 Å². The number of nitrogens with zero attached hydrogens (tertiary/aromatic N) is 2. The largest absolute Gasteiger partial charge is 0.464 e. The van der Waals surface area contributed by atoms with E-state index < -0.39 is 0 Å². The quantitative estimate of drug-likeness (QED) is 0.855. The third kappa shape index (κ3) is 2.62. The Morgan fingerprint density at radius 2 is 1.80 bits per heavy atom. The average molecular weight is 272 g/mol. The minimum absolute atomic E-state index is 0.102. The van der Waals surface area contributed by atoms with Gasteiger partial charge in [0.05, 0.1) is 11.6 Å². The molecule has 2 aromatic rings. The summed E-state index contributed by atoms with van der Waals surface area (Å²) in [6.07, 6.45) is 1.62. The number of likely N-dealkylation sites (N-methyl/N-ethyl adjacent to an activating group) is 1. The van der Waals surface area contributed by atoms with Crippen molar-refractivity contribution in [1.82, 2.24) is 9.80 Å². The lowest BCUT2D eigenvalue weighted by Crippen LogP contribution is -2.46. The smallest absolute Gasteiger partial charge is 0.197 e. The first-order chi connectivity index (χ1) is 9.78. The van der Waals surface area contributed by atoms with Gasteiger partial charge < -0.3 is 9.32 Å². The molecule has 0 bridgehead atoms. The summed E-state index contributed by atoms with van der Waals surface area (Å²) >= 11 is 0. The van der Waals surface area contributed by atoms with Crippen LogP contribution in [0.4, 0.5) is 0 Å². The molecule has 4 heteroatoms. The highest BCUT2D eigenvalue weighted by molar-refractivity contribution is 5.76. The predicted molar refractivity (Wildman–Crippen MR) is 79.9 cm³/mol. The first kappa shape index (κ1) is 13.3. The Kier molecular flexibility index (Phi) is 3.85. The van der Waals surface area contributed by atoms with Crippen LogP contribution in [-0.4, -0.2) is 42.5 Å². The first-order valence-electron chi connectivity index (χ1n) is 7.22. The summed E-state index contributed by atoms with van der Waals surface area (Å²) in [4.78, 5) is 17.2. The van der Waals surface area contributed by atoms with E-state index in [9.17, 15) is 4.79 Å². The third-order valence-corrected chi connectivity index (χ3v) is 4.06. The SMILES string of the molecule is CCN1CCN(Cc2coc3ccccc3c2=O)CC1. The molecule has 2 heterocycles. The molecule has 0 N–H and O–H groups in total. The maximum Gasteiger partial charge on any atom is 0.197 e. The van der Waals surface area contributed by atoms with Crippen LogP contribution in [0, 0.1) is 0 Å². The van der Waals surface area contributed by atoms with Crippen molar-refractivity contribution >= 4 is 11.0 Å². The number of hydrogen-bond acceptors (Lipinski definition) is 4. The van der Waals surface area contributed by atoms with Gasteiger partial charge in [-0.15, -0.1) is 0 Å². The van der Waals surface area contributed by atoms with Crippen molar-refractivity contribution in [1.29, 1.82) is 0 Å². The lowest BCUT2D eigenvalue weighted by atomic mass is 10.1. The number of hydrogen-bond donors (Lipinski definition) is 0. The highest BCUT2D eigenvalue weighted by Crippen LogP contribution is 2.12. The van der Waals surface area contributed by atoms with Crippen molar-refractivity contribution in [2.45, 2.75) is 13.5 Å². The fourth-order valence-electron chi connectivity index (χ4n) is 2.73. The Bertz CT molecular complexity index is 642. The summed E-state index contributed by atoms with van der Waals surface area (Å²) in [5, 5.41) is 0.678. The molecule has 4 nitrogen and oxygen atoms in total. The third-order valence-electron chi connectivity index (χ3n) is 4.06. The van der Waals surface area contributed by atoms with Crippen LogP contribution in [-0.2, 0) is 6.54 Å². The Labute approximate surface area is 118 Å². The zero-order valence-electron chi connectivity index (χ0n) is 11.8.